The first-order chi connectivity index (χ1) is 9.73. The van der Waals surface area contributed by atoms with E-state index in [1.54, 1.807) is 30.3 Å². The van der Waals surface area contributed by atoms with Crippen molar-refractivity contribution in [3.63, 3.8) is 0 Å². The van der Waals surface area contributed by atoms with Crippen molar-refractivity contribution < 1.29 is 13.2 Å². The van der Waals surface area contributed by atoms with Gasteiger partial charge in [-0.15, -0.1) is 11.3 Å². The molecule has 1 aromatic carbocycles. The molecule has 0 radical (unpaired) electrons. The third-order valence-electron chi connectivity index (χ3n) is 3.46. The van der Waals surface area contributed by atoms with Crippen LogP contribution in [-0.4, -0.2) is 19.5 Å². The SMILES string of the molecule is Cc1ccc(S(=O)(=O)C(C)C(=O)c2ccc(Cl)s2)cc1C. The Hall–Kier alpha value is -1.17. The van der Waals surface area contributed by atoms with Crippen LogP contribution < -0.4 is 0 Å². The molecule has 3 nitrogen and oxygen atoms in total. The van der Waals surface area contributed by atoms with Gasteiger partial charge in [0, 0.05) is 0 Å². The predicted octanol–water partition coefficient (Wildman–Crippen LogP) is 4.06. The zero-order chi connectivity index (χ0) is 15.8. The van der Waals surface area contributed by atoms with Gasteiger partial charge in [0.2, 0.25) is 0 Å². The van der Waals surface area contributed by atoms with Gasteiger partial charge in [0.1, 0.15) is 5.25 Å². The van der Waals surface area contributed by atoms with Crippen LogP contribution in [0.1, 0.15) is 27.7 Å². The first-order valence-corrected chi connectivity index (χ1v) is 9.08. The van der Waals surface area contributed by atoms with Crippen LogP contribution in [0, 0.1) is 13.8 Å². The average Bonchev–Trinajstić information content (AvgIpc) is 2.86. The third-order valence-corrected chi connectivity index (χ3v) is 6.76. The summed E-state index contributed by atoms with van der Waals surface area (Å²) in [5.74, 6) is -0.426. The molecule has 6 heteroatoms. The Bertz CT molecular complexity index is 791. The Morgan fingerprint density at radius 3 is 2.33 bits per heavy atom. The normalized spacial score (nSPS) is 13.1. The minimum Gasteiger partial charge on any atom is -0.292 e. The summed E-state index contributed by atoms with van der Waals surface area (Å²) in [6.07, 6.45) is 0. The molecule has 2 aromatic rings. The quantitative estimate of drug-likeness (QED) is 0.787. The fourth-order valence-corrected chi connectivity index (χ4v) is 4.45. The average molecular weight is 343 g/mol. The zero-order valence-corrected chi connectivity index (χ0v) is 14.3. The first-order valence-electron chi connectivity index (χ1n) is 6.34. The van der Waals surface area contributed by atoms with Crippen LogP contribution in [0.3, 0.4) is 0 Å². The summed E-state index contributed by atoms with van der Waals surface area (Å²) in [5.41, 5.74) is 1.90. The highest BCUT2D eigenvalue weighted by Gasteiger charge is 2.31. The summed E-state index contributed by atoms with van der Waals surface area (Å²) in [6.45, 7) is 5.17. The molecule has 1 aromatic heterocycles. The Labute approximate surface area is 133 Å². The van der Waals surface area contributed by atoms with E-state index in [-0.39, 0.29) is 4.90 Å². The summed E-state index contributed by atoms with van der Waals surface area (Å²) in [4.78, 5) is 12.8. The van der Waals surface area contributed by atoms with Gasteiger partial charge in [-0.05, 0) is 56.2 Å². The van der Waals surface area contributed by atoms with E-state index in [2.05, 4.69) is 0 Å². The lowest BCUT2D eigenvalue weighted by Gasteiger charge is -2.12. The Balaban J connectivity index is 2.38. The number of carbonyl (C=O) groups excluding carboxylic acids is 1. The number of ketones is 1. The highest BCUT2D eigenvalue weighted by molar-refractivity contribution is 7.92. The maximum Gasteiger partial charge on any atom is 0.191 e. The number of hydrogen-bond donors (Lipinski definition) is 0. The molecule has 0 bridgehead atoms. The van der Waals surface area contributed by atoms with Gasteiger partial charge in [0.15, 0.2) is 15.6 Å². The van der Waals surface area contributed by atoms with Crippen molar-refractivity contribution in [2.45, 2.75) is 30.9 Å². The number of halogens is 1. The van der Waals surface area contributed by atoms with Crippen molar-refractivity contribution >= 4 is 38.6 Å². The molecular formula is C15H15ClO3S2. The van der Waals surface area contributed by atoms with E-state index in [1.807, 2.05) is 13.8 Å². The monoisotopic (exact) mass is 342 g/mol. The largest absolute Gasteiger partial charge is 0.292 e. The molecule has 1 unspecified atom stereocenters. The van der Waals surface area contributed by atoms with E-state index < -0.39 is 20.9 Å². The lowest BCUT2D eigenvalue weighted by Crippen LogP contribution is -2.27. The summed E-state index contributed by atoms with van der Waals surface area (Å²) < 4.78 is 25.6. The van der Waals surface area contributed by atoms with Crippen molar-refractivity contribution in [3.8, 4) is 0 Å². The van der Waals surface area contributed by atoms with Crippen molar-refractivity contribution in [1.82, 2.24) is 0 Å². The minimum absolute atomic E-state index is 0.175. The Morgan fingerprint density at radius 1 is 1.14 bits per heavy atom. The second-order valence-corrected chi connectivity index (χ2v) is 8.88. The number of thiophene rings is 1. The maximum atomic E-state index is 12.6. The van der Waals surface area contributed by atoms with Gasteiger partial charge in [0.05, 0.1) is 14.1 Å². The van der Waals surface area contributed by atoms with Crippen LogP contribution in [0.4, 0.5) is 0 Å². The second-order valence-electron chi connectivity index (χ2n) is 4.90. The predicted molar refractivity (Wildman–Crippen MR) is 86.2 cm³/mol. The van der Waals surface area contributed by atoms with Gasteiger partial charge in [-0.3, -0.25) is 4.79 Å². The molecule has 2 rings (SSSR count). The number of carbonyl (C=O) groups is 1. The second kappa shape index (κ2) is 5.91. The van der Waals surface area contributed by atoms with Crippen molar-refractivity contribution in [2.75, 3.05) is 0 Å². The number of Topliss-reactive ketones (excluding diaryl/α,β-unsaturated/α-hetero) is 1. The van der Waals surface area contributed by atoms with E-state index in [0.29, 0.717) is 9.21 Å². The molecular weight excluding hydrogens is 328 g/mol. The number of sulfone groups is 1. The number of benzene rings is 1. The summed E-state index contributed by atoms with van der Waals surface area (Å²) in [6, 6.07) is 8.05. The summed E-state index contributed by atoms with van der Waals surface area (Å²) in [7, 11) is -3.70. The van der Waals surface area contributed by atoms with Gasteiger partial charge >= 0.3 is 0 Å². The molecule has 0 fully saturated rings. The number of aryl methyl sites for hydroxylation is 2. The standard InChI is InChI=1S/C15H15ClO3S2/c1-9-4-5-12(8-10(9)2)21(18,19)11(3)15(17)13-6-7-14(16)20-13/h4-8,11H,1-3H3. The van der Waals surface area contributed by atoms with E-state index in [4.69, 9.17) is 11.6 Å². The molecule has 0 aliphatic heterocycles. The van der Waals surface area contributed by atoms with E-state index in [0.717, 1.165) is 22.5 Å². The summed E-state index contributed by atoms with van der Waals surface area (Å²) >= 11 is 6.89. The smallest absolute Gasteiger partial charge is 0.191 e. The molecule has 0 aliphatic carbocycles. The number of hydrogen-bond acceptors (Lipinski definition) is 4. The topological polar surface area (TPSA) is 51.2 Å². The van der Waals surface area contributed by atoms with Crippen molar-refractivity contribution in [2.24, 2.45) is 0 Å². The lowest BCUT2D eigenvalue weighted by atomic mass is 10.1. The first kappa shape index (κ1) is 16.2. The maximum absolute atomic E-state index is 12.6. The van der Waals surface area contributed by atoms with Gasteiger partial charge in [-0.2, -0.15) is 0 Å². The van der Waals surface area contributed by atoms with Crippen LogP contribution in [0.2, 0.25) is 4.34 Å². The molecule has 0 amide bonds. The number of rotatable bonds is 4. The Morgan fingerprint density at radius 2 is 1.81 bits per heavy atom. The highest BCUT2D eigenvalue weighted by atomic mass is 35.5. The molecule has 0 saturated carbocycles. The van der Waals surface area contributed by atoms with Crippen LogP contribution in [0.5, 0.6) is 0 Å². The molecule has 0 aliphatic rings. The van der Waals surface area contributed by atoms with Crippen LogP contribution in [0.25, 0.3) is 0 Å². The van der Waals surface area contributed by atoms with Crippen LogP contribution >= 0.6 is 22.9 Å². The molecule has 0 spiro atoms. The molecule has 1 heterocycles. The lowest BCUT2D eigenvalue weighted by molar-refractivity contribution is 0.0995. The molecule has 1 atom stereocenters. The highest BCUT2D eigenvalue weighted by Crippen LogP contribution is 2.26. The van der Waals surface area contributed by atoms with Gasteiger partial charge < -0.3 is 0 Å². The van der Waals surface area contributed by atoms with Crippen LogP contribution in [0.15, 0.2) is 35.2 Å². The minimum atomic E-state index is -3.70. The van der Waals surface area contributed by atoms with E-state index >= 15 is 0 Å². The fraction of sp³-hybridized carbons (Fsp3) is 0.267. The fourth-order valence-electron chi connectivity index (χ4n) is 1.88. The molecule has 21 heavy (non-hydrogen) atoms. The third kappa shape index (κ3) is 3.20. The molecule has 0 saturated heterocycles. The van der Waals surface area contributed by atoms with Gasteiger partial charge in [-0.25, -0.2) is 8.42 Å². The van der Waals surface area contributed by atoms with Crippen molar-refractivity contribution in [3.05, 3.63) is 50.7 Å². The van der Waals surface area contributed by atoms with E-state index in [1.165, 1.54) is 6.92 Å². The van der Waals surface area contributed by atoms with Gasteiger partial charge in [-0.1, -0.05) is 17.7 Å². The zero-order valence-electron chi connectivity index (χ0n) is 11.9. The molecule has 112 valence electrons. The summed E-state index contributed by atoms with van der Waals surface area (Å²) in [5, 5.41) is -1.13. The van der Waals surface area contributed by atoms with Crippen LogP contribution in [-0.2, 0) is 9.84 Å². The van der Waals surface area contributed by atoms with Crippen molar-refractivity contribution in [1.29, 1.82) is 0 Å². The van der Waals surface area contributed by atoms with Gasteiger partial charge in [0.25, 0.3) is 0 Å². The molecule has 0 N–H and O–H groups in total. The Kier molecular flexibility index (Phi) is 4.56. The van der Waals surface area contributed by atoms with E-state index in [9.17, 15) is 13.2 Å².